The van der Waals surface area contributed by atoms with Gasteiger partial charge in [-0.25, -0.2) is 0 Å². The van der Waals surface area contributed by atoms with Crippen molar-refractivity contribution in [3.63, 3.8) is 0 Å². The minimum atomic E-state index is -0.925. The third-order valence-electron chi connectivity index (χ3n) is 2.54. The van der Waals surface area contributed by atoms with Gasteiger partial charge in [0.05, 0.1) is 18.6 Å². The van der Waals surface area contributed by atoms with Gasteiger partial charge in [0.2, 0.25) is 0 Å². The van der Waals surface area contributed by atoms with Gasteiger partial charge in [0, 0.05) is 5.25 Å². The zero-order valence-electron chi connectivity index (χ0n) is 11.1. The van der Waals surface area contributed by atoms with Crippen molar-refractivity contribution in [2.75, 3.05) is 6.61 Å². The maximum absolute atomic E-state index is 11.7. The Hall–Kier alpha value is -0.940. The van der Waals surface area contributed by atoms with Gasteiger partial charge in [-0.15, -0.1) is 0 Å². The van der Waals surface area contributed by atoms with E-state index in [0.29, 0.717) is 13.0 Å². The van der Waals surface area contributed by atoms with Crippen LogP contribution in [0.15, 0.2) is 22.8 Å². The third kappa shape index (κ3) is 4.74. The van der Waals surface area contributed by atoms with E-state index < -0.39 is 5.54 Å². The van der Waals surface area contributed by atoms with Crippen LogP contribution in [0.1, 0.15) is 33.0 Å². The molecule has 4 nitrogen and oxygen atoms in total. The molecule has 1 rings (SSSR count). The van der Waals surface area contributed by atoms with Gasteiger partial charge in [-0.3, -0.25) is 4.79 Å². The highest BCUT2D eigenvalue weighted by Gasteiger charge is 2.31. The monoisotopic (exact) mass is 271 g/mol. The second-order valence-corrected chi connectivity index (χ2v) is 5.97. The number of ether oxygens (including phenoxy) is 1. The summed E-state index contributed by atoms with van der Waals surface area (Å²) in [6.07, 6.45) is 2.24. The van der Waals surface area contributed by atoms with Crippen LogP contribution < -0.4 is 5.73 Å². The van der Waals surface area contributed by atoms with E-state index in [4.69, 9.17) is 14.9 Å². The summed E-state index contributed by atoms with van der Waals surface area (Å²) < 4.78 is 10.2. The molecule has 1 aromatic rings. The number of furan rings is 1. The topological polar surface area (TPSA) is 65.5 Å². The molecule has 0 amide bonds. The van der Waals surface area contributed by atoms with E-state index in [2.05, 4.69) is 6.92 Å². The average molecular weight is 271 g/mol. The number of carbonyl (C=O) groups is 1. The molecule has 2 unspecified atom stereocenters. The standard InChI is InChI=1S/C13H21NO3S/c1-4-16-12(15)13(3,14)8-10(2)18-9-11-6-5-7-17-11/h5-7,10H,4,8-9,14H2,1-3H3. The van der Waals surface area contributed by atoms with Gasteiger partial charge in [-0.2, -0.15) is 11.8 Å². The largest absolute Gasteiger partial charge is 0.468 e. The van der Waals surface area contributed by atoms with E-state index in [1.54, 1.807) is 31.9 Å². The molecule has 0 saturated heterocycles. The number of hydrogen-bond donors (Lipinski definition) is 1. The molecular formula is C13H21NO3S. The molecule has 5 heteroatoms. The Bertz CT molecular complexity index is 362. The summed E-state index contributed by atoms with van der Waals surface area (Å²) in [4.78, 5) is 11.7. The van der Waals surface area contributed by atoms with Crippen LogP contribution in [0.2, 0.25) is 0 Å². The number of nitrogens with two attached hydrogens (primary N) is 1. The fourth-order valence-electron chi connectivity index (χ4n) is 1.65. The highest BCUT2D eigenvalue weighted by molar-refractivity contribution is 7.99. The first-order valence-electron chi connectivity index (χ1n) is 6.05. The minimum Gasteiger partial charge on any atom is -0.468 e. The van der Waals surface area contributed by atoms with Crippen molar-refractivity contribution in [2.24, 2.45) is 5.73 Å². The Morgan fingerprint density at radius 2 is 2.39 bits per heavy atom. The fourth-order valence-corrected chi connectivity index (χ4v) is 2.73. The summed E-state index contributed by atoms with van der Waals surface area (Å²) in [5.74, 6) is 1.38. The van der Waals surface area contributed by atoms with E-state index >= 15 is 0 Å². The van der Waals surface area contributed by atoms with Crippen molar-refractivity contribution >= 4 is 17.7 Å². The second-order valence-electron chi connectivity index (χ2n) is 4.54. The first-order valence-corrected chi connectivity index (χ1v) is 7.10. The lowest BCUT2D eigenvalue weighted by Gasteiger charge is -2.25. The van der Waals surface area contributed by atoms with Crippen LogP contribution in [0.4, 0.5) is 0 Å². The molecule has 0 radical (unpaired) electrons. The normalized spacial score (nSPS) is 16.0. The lowest BCUT2D eigenvalue weighted by atomic mass is 9.98. The molecule has 2 atom stereocenters. The Morgan fingerprint density at radius 3 is 2.94 bits per heavy atom. The van der Waals surface area contributed by atoms with Gasteiger partial charge in [0.25, 0.3) is 0 Å². The zero-order valence-corrected chi connectivity index (χ0v) is 12.0. The molecule has 0 aliphatic carbocycles. The van der Waals surface area contributed by atoms with Crippen molar-refractivity contribution in [1.29, 1.82) is 0 Å². The third-order valence-corrected chi connectivity index (χ3v) is 3.73. The van der Waals surface area contributed by atoms with Crippen LogP contribution in [0, 0.1) is 0 Å². The van der Waals surface area contributed by atoms with Gasteiger partial charge in [0.15, 0.2) is 0 Å². The van der Waals surface area contributed by atoms with E-state index in [0.717, 1.165) is 11.5 Å². The maximum atomic E-state index is 11.7. The fraction of sp³-hybridized carbons (Fsp3) is 0.615. The van der Waals surface area contributed by atoms with Crippen LogP contribution in [-0.2, 0) is 15.3 Å². The molecule has 0 fully saturated rings. The van der Waals surface area contributed by atoms with Crippen molar-refractivity contribution in [3.05, 3.63) is 24.2 Å². The molecule has 0 aliphatic rings. The van der Waals surface area contributed by atoms with Gasteiger partial charge < -0.3 is 14.9 Å². The van der Waals surface area contributed by atoms with Crippen LogP contribution >= 0.6 is 11.8 Å². The zero-order chi connectivity index (χ0) is 13.6. The van der Waals surface area contributed by atoms with Crippen molar-refractivity contribution in [3.8, 4) is 0 Å². The highest BCUT2D eigenvalue weighted by atomic mass is 32.2. The predicted molar refractivity (Wildman–Crippen MR) is 73.3 cm³/mol. The summed E-state index contributed by atoms with van der Waals surface area (Å²) >= 11 is 1.71. The van der Waals surface area contributed by atoms with E-state index in [-0.39, 0.29) is 11.2 Å². The molecule has 0 bridgehead atoms. The predicted octanol–water partition coefficient (Wildman–Crippen LogP) is 2.57. The summed E-state index contributed by atoms with van der Waals surface area (Å²) in [5.41, 5.74) is 5.06. The van der Waals surface area contributed by atoms with Gasteiger partial charge in [-0.1, -0.05) is 6.92 Å². The van der Waals surface area contributed by atoms with Crippen molar-refractivity contribution in [2.45, 2.75) is 43.7 Å². The summed E-state index contributed by atoms with van der Waals surface area (Å²) in [6.45, 7) is 5.91. The van der Waals surface area contributed by atoms with E-state index in [1.165, 1.54) is 0 Å². The lowest BCUT2D eigenvalue weighted by molar-refractivity contribution is -0.149. The summed E-state index contributed by atoms with van der Waals surface area (Å²) in [7, 11) is 0. The van der Waals surface area contributed by atoms with Gasteiger partial charge in [-0.05, 0) is 32.4 Å². The number of hydrogen-bond acceptors (Lipinski definition) is 5. The first kappa shape index (κ1) is 15.1. The molecule has 0 aliphatic heterocycles. The van der Waals surface area contributed by atoms with Crippen molar-refractivity contribution < 1.29 is 13.9 Å². The quantitative estimate of drug-likeness (QED) is 0.772. The SMILES string of the molecule is CCOC(=O)C(C)(N)CC(C)SCc1ccco1. The Kier molecular flexibility index (Phi) is 5.75. The summed E-state index contributed by atoms with van der Waals surface area (Å²) in [6, 6.07) is 3.80. The Balaban J connectivity index is 2.38. The Labute approximate surface area is 112 Å². The second kappa shape index (κ2) is 6.85. The lowest BCUT2D eigenvalue weighted by Crippen LogP contribution is -2.47. The highest BCUT2D eigenvalue weighted by Crippen LogP contribution is 2.24. The van der Waals surface area contributed by atoms with Crippen LogP contribution in [0.3, 0.4) is 0 Å². The van der Waals surface area contributed by atoms with Gasteiger partial charge >= 0.3 is 5.97 Å². The molecule has 0 spiro atoms. The molecular weight excluding hydrogens is 250 g/mol. The number of rotatable bonds is 7. The molecule has 2 N–H and O–H groups in total. The van der Waals surface area contributed by atoms with Crippen LogP contribution in [0.25, 0.3) is 0 Å². The van der Waals surface area contributed by atoms with Crippen molar-refractivity contribution in [1.82, 2.24) is 0 Å². The minimum absolute atomic E-state index is 0.259. The first-order chi connectivity index (χ1) is 8.45. The number of carbonyl (C=O) groups excluding carboxylic acids is 1. The molecule has 18 heavy (non-hydrogen) atoms. The van der Waals surface area contributed by atoms with Crippen LogP contribution in [0.5, 0.6) is 0 Å². The molecule has 102 valence electrons. The Morgan fingerprint density at radius 1 is 1.67 bits per heavy atom. The average Bonchev–Trinajstić information content (AvgIpc) is 2.79. The molecule has 0 saturated carbocycles. The number of thioether (sulfide) groups is 1. The smallest absolute Gasteiger partial charge is 0.325 e. The van der Waals surface area contributed by atoms with Gasteiger partial charge in [0.1, 0.15) is 11.3 Å². The van der Waals surface area contributed by atoms with E-state index in [1.807, 2.05) is 12.1 Å². The molecule has 1 heterocycles. The molecule has 1 aromatic heterocycles. The van der Waals surface area contributed by atoms with Crippen LogP contribution in [-0.4, -0.2) is 23.4 Å². The maximum Gasteiger partial charge on any atom is 0.325 e. The summed E-state index contributed by atoms with van der Waals surface area (Å²) in [5, 5.41) is 0.259. The molecule has 0 aromatic carbocycles. The number of esters is 1. The van der Waals surface area contributed by atoms with E-state index in [9.17, 15) is 4.79 Å².